The van der Waals surface area contributed by atoms with E-state index < -0.39 is 6.09 Å². The number of pyridine rings is 2. The smallest absolute Gasteiger partial charge is 0.404 e. The van der Waals surface area contributed by atoms with Gasteiger partial charge in [-0.2, -0.15) is 0 Å². The summed E-state index contributed by atoms with van der Waals surface area (Å²) < 4.78 is 11.5. The van der Waals surface area contributed by atoms with Crippen LogP contribution in [-0.4, -0.2) is 22.7 Å². The maximum atomic E-state index is 12.6. The summed E-state index contributed by atoms with van der Waals surface area (Å²) in [4.78, 5) is 31.3. The molecule has 0 aromatic carbocycles. The van der Waals surface area contributed by atoms with Gasteiger partial charge < -0.3 is 20.2 Å². The second kappa shape index (κ2) is 6.21. The zero-order valence-corrected chi connectivity index (χ0v) is 14.0. The topological polar surface area (TPSA) is 107 Å². The van der Waals surface area contributed by atoms with E-state index in [0.717, 1.165) is 34.2 Å². The number of hydrogen-bond donors (Lipinski definition) is 2. The van der Waals surface area contributed by atoms with Crippen molar-refractivity contribution in [1.82, 2.24) is 9.97 Å². The molecule has 7 nitrogen and oxygen atoms in total. The Kier molecular flexibility index (Phi) is 3.89. The van der Waals surface area contributed by atoms with E-state index in [9.17, 15) is 9.59 Å². The highest BCUT2D eigenvalue weighted by atomic mass is 32.1. The van der Waals surface area contributed by atoms with Crippen molar-refractivity contribution in [3.63, 3.8) is 0 Å². The van der Waals surface area contributed by atoms with E-state index in [1.54, 1.807) is 12.4 Å². The number of nitrogens with two attached hydrogens (primary N) is 1. The highest BCUT2D eigenvalue weighted by molar-refractivity contribution is 7.22. The molecule has 3 aromatic rings. The number of hydrogen-bond acceptors (Lipinski definition) is 6. The van der Waals surface area contributed by atoms with Crippen molar-refractivity contribution in [3.05, 3.63) is 46.1 Å². The van der Waals surface area contributed by atoms with Gasteiger partial charge in [0, 0.05) is 17.8 Å². The quantitative estimate of drug-likeness (QED) is 0.749. The number of nitrogens with zero attached hydrogens (tertiary/aromatic N) is 1. The molecule has 0 saturated carbocycles. The molecule has 0 aliphatic carbocycles. The molecule has 0 fully saturated rings. The lowest BCUT2D eigenvalue weighted by molar-refractivity contribution is 0.148. The number of H-pyrrole nitrogens is 1. The van der Waals surface area contributed by atoms with Crippen LogP contribution < -0.4 is 16.0 Å². The fraction of sp³-hybridized carbons (Fsp3) is 0.235. The Morgan fingerprint density at radius 2 is 2.20 bits per heavy atom. The predicted octanol–water partition coefficient (Wildman–Crippen LogP) is 2.57. The lowest BCUT2D eigenvalue weighted by Gasteiger charge is -2.09. The maximum absolute atomic E-state index is 12.6. The molecule has 0 bridgehead atoms. The monoisotopic (exact) mass is 357 g/mol. The number of primary amides is 1. The van der Waals surface area contributed by atoms with E-state index in [1.807, 2.05) is 12.1 Å². The number of aromatic amines is 1. The van der Waals surface area contributed by atoms with Crippen LogP contribution in [0.4, 0.5) is 4.79 Å². The third-order valence-corrected chi connectivity index (χ3v) is 5.34. The van der Waals surface area contributed by atoms with Gasteiger partial charge in [-0.1, -0.05) is 0 Å². The zero-order chi connectivity index (χ0) is 17.4. The Bertz CT molecular complexity index is 1010. The van der Waals surface area contributed by atoms with Crippen molar-refractivity contribution in [3.8, 4) is 16.2 Å². The number of carbonyl (C=O) groups is 1. The van der Waals surface area contributed by atoms with Crippen LogP contribution in [-0.2, 0) is 17.8 Å². The van der Waals surface area contributed by atoms with Crippen molar-refractivity contribution in [2.45, 2.75) is 19.4 Å². The van der Waals surface area contributed by atoms with Gasteiger partial charge in [-0.15, -0.1) is 11.3 Å². The number of aromatic nitrogens is 2. The standard InChI is InChI=1S/C17H15N3O4S/c18-17(22)24-8-11-10-2-1-7-23-13-12(10)15(16(21)20-11)25-14(13)9-3-5-19-6-4-9/h3-6H,1-2,7-8H2,(H2,18,22)(H,20,21). The van der Waals surface area contributed by atoms with E-state index in [2.05, 4.69) is 9.97 Å². The van der Waals surface area contributed by atoms with E-state index in [-0.39, 0.29) is 12.2 Å². The van der Waals surface area contributed by atoms with Gasteiger partial charge in [0.15, 0.2) is 0 Å². The van der Waals surface area contributed by atoms with E-state index in [4.69, 9.17) is 15.2 Å². The Morgan fingerprint density at radius 1 is 1.40 bits per heavy atom. The summed E-state index contributed by atoms with van der Waals surface area (Å²) >= 11 is 1.40. The number of carbonyl (C=O) groups excluding carboxylic acids is 1. The van der Waals surface area contributed by atoms with Crippen LogP contribution in [0.3, 0.4) is 0 Å². The van der Waals surface area contributed by atoms with Crippen molar-refractivity contribution in [2.75, 3.05) is 6.61 Å². The van der Waals surface area contributed by atoms with Crippen molar-refractivity contribution in [2.24, 2.45) is 5.73 Å². The van der Waals surface area contributed by atoms with Crippen LogP contribution in [0.2, 0.25) is 0 Å². The van der Waals surface area contributed by atoms with Gasteiger partial charge in [0.25, 0.3) is 5.56 Å². The molecule has 4 heterocycles. The van der Waals surface area contributed by atoms with E-state index in [1.165, 1.54) is 11.3 Å². The molecule has 128 valence electrons. The van der Waals surface area contributed by atoms with Gasteiger partial charge in [0.05, 0.1) is 17.2 Å². The first-order chi connectivity index (χ1) is 12.1. The number of thiophene rings is 1. The van der Waals surface area contributed by atoms with E-state index in [0.29, 0.717) is 22.8 Å². The molecule has 3 N–H and O–H groups in total. The molecule has 1 amide bonds. The first-order valence-electron chi connectivity index (χ1n) is 7.81. The summed E-state index contributed by atoms with van der Waals surface area (Å²) in [6.07, 6.45) is 4.08. The Labute approximate surface area is 146 Å². The molecular weight excluding hydrogens is 342 g/mol. The number of aryl methyl sites for hydroxylation is 1. The van der Waals surface area contributed by atoms with Crippen LogP contribution in [0, 0.1) is 0 Å². The molecule has 1 aliphatic rings. The third kappa shape index (κ3) is 2.74. The Hall–Kier alpha value is -2.87. The highest BCUT2D eigenvalue weighted by Crippen LogP contribution is 2.46. The second-order valence-corrected chi connectivity index (χ2v) is 6.69. The van der Waals surface area contributed by atoms with Crippen LogP contribution >= 0.6 is 11.3 Å². The van der Waals surface area contributed by atoms with Crippen molar-refractivity contribution in [1.29, 1.82) is 0 Å². The van der Waals surface area contributed by atoms with Crippen LogP contribution in [0.15, 0.2) is 29.3 Å². The van der Waals surface area contributed by atoms with Crippen LogP contribution in [0.1, 0.15) is 17.7 Å². The summed E-state index contributed by atoms with van der Waals surface area (Å²) in [7, 11) is 0. The Morgan fingerprint density at radius 3 is 2.96 bits per heavy atom. The molecule has 0 saturated heterocycles. The molecule has 4 rings (SSSR count). The van der Waals surface area contributed by atoms with Gasteiger partial charge in [-0.25, -0.2) is 4.79 Å². The average molecular weight is 357 g/mol. The van der Waals surface area contributed by atoms with Gasteiger partial charge in [-0.05, 0) is 36.1 Å². The fourth-order valence-electron chi connectivity index (χ4n) is 3.07. The summed E-state index contributed by atoms with van der Waals surface area (Å²) in [6.45, 7) is 0.499. The van der Waals surface area contributed by atoms with Gasteiger partial charge in [0.2, 0.25) is 0 Å². The minimum absolute atomic E-state index is 0.0598. The van der Waals surface area contributed by atoms with E-state index >= 15 is 0 Å². The normalized spacial score (nSPS) is 13.3. The molecule has 8 heteroatoms. The second-order valence-electron chi connectivity index (χ2n) is 5.67. The largest absolute Gasteiger partial charge is 0.491 e. The maximum Gasteiger partial charge on any atom is 0.404 e. The summed E-state index contributed by atoms with van der Waals surface area (Å²) in [5.41, 5.74) is 7.30. The number of nitrogens with one attached hydrogen (secondary N) is 1. The number of ether oxygens (including phenoxy) is 2. The van der Waals surface area contributed by atoms with Gasteiger partial charge in [-0.3, -0.25) is 9.78 Å². The van der Waals surface area contributed by atoms with Crippen LogP contribution in [0.5, 0.6) is 5.75 Å². The van der Waals surface area contributed by atoms with Crippen molar-refractivity contribution >= 4 is 27.5 Å². The Balaban J connectivity index is 1.97. The van der Waals surface area contributed by atoms with Gasteiger partial charge in [0.1, 0.15) is 17.1 Å². The lowest BCUT2D eigenvalue weighted by Crippen LogP contribution is -2.17. The average Bonchev–Trinajstić information content (AvgIpc) is 2.86. The fourth-order valence-corrected chi connectivity index (χ4v) is 4.24. The highest BCUT2D eigenvalue weighted by Gasteiger charge is 2.25. The third-order valence-electron chi connectivity index (χ3n) is 4.12. The predicted molar refractivity (Wildman–Crippen MR) is 93.9 cm³/mol. The molecule has 0 unspecified atom stereocenters. The summed E-state index contributed by atoms with van der Waals surface area (Å²) in [5.74, 6) is 0.713. The number of amides is 1. The SMILES string of the molecule is NC(=O)OCc1[nH]c(=O)c2sc(-c3ccncc3)c3c2c1CCCO3. The van der Waals surface area contributed by atoms with Gasteiger partial charge >= 0.3 is 6.09 Å². The summed E-state index contributed by atoms with van der Waals surface area (Å²) in [6, 6.07) is 3.78. The molecule has 0 atom stereocenters. The first-order valence-corrected chi connectivity index (χ1v) is 8.62. The molecular formula is C17H15N3O4S. The molecule has 0 radical (unpaired) electrons. The molecule has 0 spiro atoms. The molecule has 3 aromatic heterocycles. The lowest BCUT2D eigenvalue weighted by atomic mass is 10.0. The number of rotatable bonds is 3. The minimum Gasteiger partial charge on any atom is -0.491 e. The molecule has 25 heavy (non-hydrogen) atoms. The van der Waals surface area contributed by atoms with Crippen molar-refractivity contribution < 1.29 is 14.3 Å². The minimum atomic E-state index is -0.874. The summed E-state index contributed by atoms with van der Waals surface area (Å²) in [5, 5.41) is 0.807. The zero-order valence-electron chi connectivity index (χ0n) is 13.2. The molecule has 1 aliphatic heterocycles. The van der Waals surface area contributed by atoms with Crippen LogP contribution in [0.25, 0.3) is 20.5 Å². The first kappa shape index (κ1) is 15.6.